The SMILES string of the molecule is CCN(CCCNC(=NC)NCCCc1nc(C)cs1)c1ccccc1. The van der Waals surface area contributed by atoms with Crippen molar-refractivity contribution < 1.29 is 0 Å². The van der Waals surface area contributed by atoms with Crippen LogP contribution in [-0.4, -0.2) is 44.2 Å². The van der Waals surface area contributed by atoms with Crippen molar-refractivity contribution in [1.29, 1.82) is 0 Å². The summed E-state index contributed by atoms with van der Waals surface area (Å²) >= 11 is 1.74. The number of para-hydroxylation sites is 1. The first-order valence-electron chi connectivity index (χ1n) is 9.38. The van der Waals surface area contributed by atoms with Gasteiger partial charge in [0.15, 0.2) is 5.96 Å². The summed E-state index contributed by atoms with van der Waals surface area (Å²) in [5.74, 6) is 0.878. The highest BCUT2D eigenvalue weighted by atomic mass is 32.1. The van der Waals surface area contributed by atoms with Crippen LogP contribution in [0.1, 0.15) is 30.5 Å². The van der Waals surface area contributed by atoms with Gasteiger partial charge < -0.3 is 15.5 Å². The Morgan fingerprint density at radius 2 is 1.88 bits per heavy atom. The Morgan fingerprint density at radius 3 is 2.50 bits per heavy atom. The van der Waals surface area contributed by atoms with Crippen LogP contribution < -0.4 is 15.5 Å². The maximum absolute atomic E-state index is 4.50. The molecule has 0 fully saturated rings. The molecule has 1 aromatic carbocycles. The summed E-state index contributed by atoms with van der Waals surface area (Å²) in [5, 5.41) is 10.1. The van der Waals surface area contributed by atoms with Gasteiger partial charge in [0.05, 0.1) is 5.01 Å². The van der Waals surface area contributed by atoms with Gasteiger partial charge in [-0.25, -0.2) is 4.98 Å². The number of aliphatic imine (C=N–C) groups is 1. The van der Waals surface area contributed by atoms with Crippen LogP contribution in [0.4, 0.5) is 5.69 Å². The van der Waals surface area contributed by atoms with E-state index in [2.05, 4.69) is 68.1 Å². The normalized spacial score (nSPS) is 11.4. The van der Waals surface area contributed by atoms with Gasteiger partial charge in [-0.2, -0.15) is 0 Å². The molecule has 0 amide bonds. The number of benzene rings is 1. The van der Waals surface area contributed by atoms with E-state index in [0.29, 0.717) is 0 Å². The third-order valence-electron chi connectivity index (χ3n) is 4.15. The van der Waals surface area contributed by atoms with Crippen LogP contribution in [0.3, 0.4) is 0 Å². The highest BCUT2D eigenvalue weighted by Crippen LogP contribution is 2.12. The Bertz CT molecular complexity index is 653. The fourth-order valence-electron chi connectivity index (χ4n) is 2.77. The van der Waals surface area contributed by atoms with E-state index >= 15 is 0 Å². The van der Waals surface area contributed by atoms with E-state index in [9.17, 15) is 0 Å². The monoisotopic (exact) mass is 373 g/mol. The molecule has 0 aliphatic carbocycles. The molecule has 5 nitrogen and oxygen atoms in total. The van der Waals surface area contributed by atoms with Crippen LogP contribution in [0.5, 0.6) is 0 Å². The molecular formula is C20H31N5S. The molecule has 1 heterocycles. The zero-order valence-corrected chi connectivity index (χ0v) is 17.0. The maximum Gasteiger partial charge on any atom is 0.190 e. The Hall–Kier alpha value is -2.08. The van der Waals surface area contributed by atoms with E-state index in [1.165, 1.54) is 10.7 Å². The van der Waals surface area contributed by atoms with Crippen molar-refractivity contribution in [2.75, 3.05) is 38.1 Å². The lowest BCUT2D eigenvalue weighted by Crippen LogP contribution is -2.39. The maximum atomic E-state index is 4.50. The van der Waals surface area contributed by atoms with Crippen LogP contribution in [0.25, 0.3) is 0 Å². The minimum atomic E-state index is 0.878. The molecule has 0 spiro atoms. The number of hydrogen-bond donors (Lipinski definition) is 2. The van der Waals surface area contributed by atoms with Crippen molar-refractivity contribution in [2.45, 2.75) is 33.1 Å². The number of rotatable bonds is 10. The molecule has 0 aliphatic rings. The minimum absolute atomic E-state index is 0.878. The summed E-state index contributed by atoms with van der Waals surface area (Å²) in [7, 11) is 1.82. The number of nitrogens with zero attached hydrogens (tertiary/aromatic N) is 3. The molecule has 2 N–H and O–H groups in total. The second-order valence-electron chi connectivity index (χ2n) is 6.18. The highest BCUT2D eigenvalue weighted by Gasteiger charge is 2.04. The number of nitrogens with one attached hydrogen (secondary N) is 2. The number of aryl methyl sites for hydroxylation is 2. The molecule has 0 saturated carbocycles. The third-order valence-corrected chi connectivity index (χ3v) is 5.18. The van der Waals surface area contributed by atoms with Crippen molar-refractivity contribution in [3.8, 4) is 0 Å². The van der Waals surface area contributed by atoms with Crippen LogP contribution in [0.15, 0.2) is 40.7 Å². The highest BCUT2D eigenvalue weighted by molar-refractivity contribution is 7.09. The Kier molecular flexibility index (Phi) is 8.96. The molecule has 26 heavy (non-hydrogen) atoms. The van der Waals surface area contributed by atoms with Gasteiger partial charge in [-0.05, 0) is 38.8 Å². The molecule has 2 rings (SSSR count). The lowest BCUT2D eigenvalue weighted by Gasteiger charge is -2.23. The first kappa shape index (κ1) is 20.2. The van der Waals surface area contributed by atoms with Gasteiger partial charge in [-0.15, -0.1) is 11.3 Å². The summed E-state index contributed by atoms with van der Waals surface area (Å²) in [6.07, 6.45) is 3.15. The summed E-state index contributed by atoms with van der Waals surface area (Å²) in [6.45, 7) is 8.12. The van der Waals surface area contributed by atoms with Crippen molar-refractivity contribution in [1.82, 2.24) is 15.6 Å². The fourth-order valence-corrected chi connectivity index (χ4v) is 3.59. The second kappa shape index (κ2) is 11.5. The lowest BCUT2D eigenvalue weighted by molar-refractivity contribution is 0.698. The van der Waals surface area contributed by atoms with E-state index < -0.39 is 0 Å². The molecule has 2 aromatic rings. The number of hydrogen-bond acceptors (Lipinski definition) is 4. The number of thiazole rings is 1. The smallest absolute Gasteiger partial charge is 0.190 e. The van der Waals surface area contributed by atoms with Crippen LogP contribution in [0.2, 0.25) is 0 Å². The zero-order valence-electron chi connectivity index (χ0n) is 16.2. The summed E-state index contributed by atoms with van der Waals surface area (Å²) in [4.78, 5) is 11.2. The van der Waals surface area contributed by atoms with Gasteiger partial charge in [-0.1, -0.05) is 18.2 Å². The van der Waals surface area contributed by atoms with Crippen LogP contribution in [-0.2, 0) is 6.42 Å². The first-order valence-corrected chi connectivity index (χ1v) is 10.3. The number of anilines is 1. The lowest BCUT2D eigenvalue weighted by atomic mass is 10.2. The van der Waals surface area contributed by atoms with Gasteiger partial charge in [0.2, 0.25) is 0 Å². The van der Waals surface area contributed by atoms with Crippen LogP contribution in [0, 0.1) is 6.92 Å². The summed E-state index contributed by atoms with van der Waals surface area (Å²) < 4.78 is 0. The third kappa shape index (κ3) is 7.04. The van der Waals surface area contributed by atoms with E-state index in [1.807, 2.05) is 14.0 Å². The van der Waals surface area contributed by atoms with Gasteiger partial charge in [0.1, 0.15) is 0 Å². The second-order valence-corrected chi connectivity index (χ2v) is 7.12. The van der Waals surface area contributed by atoms with Gasteiger partial charge in [0, 0.05) is 56.4 Å². The van der Waals surface area contributed by atoms with E-state index in [4.69, 9.17) is 0 Å². The van der Waals surface area contributed by atoms with E-state index in [0.717, 1.165) is 57.1 Å². The molecule has 142 valence electrons. The first-order chi connectivity index (χ1) is 12.7. The molecular weight excluding hydrogens is 342 g/mol. The predicted octanol–water partition coefficient (Wildman–Crippen LogP) is 3.47. The van der Waals surface area contributed by atoms with Gasteiger partial charge in [-0.3, -0.25) is 4.99 Å². The standard InChI is InChI=1S/C20H31N5S/c1-4-25(18-10-6-5-7-11-18)15-9-14-23-20(21-3)22-13-8-12-19-24-17(2)16-26-19/h5-7,10-11,16H,4,8-9,12-15H2,1-3H3,(H2,21,22,23). The minimum Gasteiger partial charge on any atom is -0.372 e. The van der Waals surface area contributed by atoms with Gasteiger partial charge >= 0.3 is 0 Å². The van der Waals surface area contributed by atoms with E-state index in [-0.39, 0.29) is 0 Å². The molecule has 0 aliphatic heterocycles. The molecule has 0 atom stereocenters. The molecule has 0 radical (unpaired) electrons. The molecule has 0 bridgehead atoms. The Labute approximate surface area is 161 Å². The van der Waals surface area contributed by atoms with Crippen molar-refractivity contribution in [3.63, 3.8) is 0 Å². The Morgan fingerprint density at radius 1 is 1.15 bits per heavy atom. The fraction of sp³-hybridized carbons (Fsp3) is 0.500. The number of aromatic nitrogens is 1. The van der Waals surface area contributed by atoms with E-state index in [1.54, 1.807) is 11.3 Å². The molecule has 1 aromatic heterocycles. The Balaban J connectivity index is 1.60. The number of guanidine groups is 1. The van der Waals surface area contributed by atoms with Crippen molar-refractivity contribution >= 4 is 23.0 Å². The summed E-state index contributed by atoms with van der Waals surface area (Å²) in [5.41, 5.74) is 2.40. The average molecular weight is 374 g/mol. The molecule has 0 saturated heterocycles. The van der Waals surface area contributed by atoms with Gasteiger partial charge in [0.25, 0.3) is 0 Å². The predicted molar refractivity (Wildman–Crippen MR) is 113 cm³/mol. The van der Waals surface area contributed by atoms with Crippen molar-refractivity contribution in [3.05, 3.63) is 46.4 Å². The van der Waals surface area contributed by atoms with Crippen molar-refractivity contribution in [2.24, 2.45) is 4.99 Å². The topological polar surface area (TPSA) is 52.5 Å². The molecule has 6 heteroatoms. The zero-order chi connectivity index (χ0) is 18.6. The quantitative estimate of drug-likeness (QED) is 0.380. The molecule has 0 unspecified atom stereocenters. The average Bonchev–Trinajstić information content (AvgIpc) is 3.09. The largest absolute Gasteiger partial charge is 0.372 e. The summed E-state index contributed by atoms with van der Waals surface area (Å²) in [6, 6.07) is 10.6. The van der Waals surface area contributed by atoms with Crippen LogP contribution >= 0.6 is 11.3 Å².